The lowest BCUT2D eigenvalue weighted by Gasteiger charge is -2.20. The second-order valence-corrected chi connectivity index (χ2v) is 7.54. The molecule has 0 saturated carbocycles. The smallest absolute Gasteiger partial charge is 0.333 e. The molecule has 0 aromatic carbocycles. The third kappa shape index (κ3) is 9.02. The van der Waals surface area contributed by atoms with Crippen LogP contribution in [-0.4, -0.2) is 35.3 Å². The van der Waals surface area contributed by atoms with E-state index in [-0.39, 0.29) is 31.6 Å². The zero-order valence-corrected chi connectivity index (χ0v) is 16.9. The number of amides is 3. The number of hydrogen-bond acceptors (Lipinski definition) is 5. The van der Waals surface area contributed by atoms with Gasteiger partial charge in [-0.1, -0.05) is 46.5 Å². The third-order valence-corrected chi connectivity index (χ3v) is 4.91. The minimum Gasteiger partial charge on any atom is -0.356 e. The molecule has 0 aromatic heterocycles. The van der Waals surface area contributed by atoms with Crippen molar-refractivity contribution in [3.8, 4) is 0 Å². The summed E-state index contributed by atoms with van der Waals surface area (Å²) in [6.07, 6.45) is 6.42. The average molecular weight is 383 g/mol. The molecule has 7 heteroatoms. The van der Waals surface area contributed by atoms with Crippen LogP contribution in [-0.2, 0) is 24.0 Å². The van der Waals surface area contributed by atoms with Crippen LogP contribution in [0.5, 0.6) is 0 Å². The lowest BCUT2D eigenvalue weighted by atomic mass is 9.87. The van der Waals surface area contributed by atoms with Gasteiger partial charge in [0.1, 0.15) is 0 Å². The van der Waals surface area contributed by atoms with Crippen molar-refractivity contribution in [2.75, 3.05) is 6.54 Å². The second-order valence-electron chi connectivity index (χ2n) is 7.54. The molecule has 1 aliphatic heterocycles. The van der Waals surface area contributed by atoms with Crippen LogP contribution in [0.25, 0.3) is 0 Å². The van der Waals surface area contributed by atoms with E-state index in [1.54, 1.807) is 0 Å². The minimum atomic E-state index is -0.665. The predicted molar refractivity (Wildman–Crippen MR) is 101 cm³/mol. The summed E-state index contributed by atoms with van der Waals surface area (Å²) in [5.74, 6) is -0.293. The van der Waals surface area contributed by atoms with Gasteiger partial charge in [-0.25, -0.2) is 4.79 Å². The summed E-state index contributed by atoms with van der Waals surface area (Å²) in [4.78, 5) is 50.9. The molecule has 1 fully saturated rings. The average Bonchev–Trinajstić information content (AvgIpc) is 2.92. The maximum absolute atomic E-state index is 11.8. The number of imide groups is 1. The first-order valence-corrected chi connectivity index (χ1v) is 10.2. The third-order valence-electron chi connectivity index (χ3n) is 4.91. The van der Waals surface area contributed by atoms with Gasteiger partial charge in [0.2, 0.25) is 5.91 Å². The van der Waals surface area contributed by atoms with Gasteiger partial charge >= 0.3 is 5.97 Å². The highest BCUT2D eigenvalue weighted by Gasteiger charge is 2.32. The summed E-state index contributed by atoms with van der Waals surface area (Å²) in [6, 6.07) is 0. The fraction of sp³-hybridized carbons (Fsp3) is 0.800. The summed E-state index contributed by atoms with van der Waals surface area (Å²) < 4.78 is 0. The van der Waals surface area contributed by atoms with Crippen LogP contribution < -0.4 is 5.32 Å². The second kappa shape index (κ2) is 12.5. The summed E-state index contributed by atoms with van der Waals surface area (Å²) in [5, 5.41) is 3.40. The molecule has 27 heavy (non-hydrogen) atoms. The Morgan fingerprint density at radius 2 is 1.70 bits per heavy atom. The van der Waals surface area contributed by atoms with E-state index < -0.39 is 17.8 Å². The van der Waals surface area contributed by atoms with Crippen molar-refractivity contribution in [2.45, 2.75) is 85.0 Å². The van der Waals surface area contributed by atoms with Crippen LogP contribution in [0.15, 0.2) is 0 Å². The van der Waals surface area contributed by atoms with Crippen molar-refractivity contribution in [2.24, 2.45) is 11.8 Å². The van der Waals surface area contributed by atoms with Crippen molar-refractivity contribution >= 4 is 23.7 Å². The van der Waals surface area contributed by atoms with Crippen molar-refractivity contribution in [3.05, 3.63) is 0 Å². The molecule has 1 unspecified atom stereocenters. The molecule has 3 amide bonds. The predicted octanol–water partition coefficient (Wildman–Crippen LogP) is 3.12. The van der Waals surface area contributed by atoms with Gasteiger partial charge < -0.3 is 10.2 Å². The molecule has 1 N–H and O–H groups in total. The summed E-state index contributed by atoms with van der Waals surface area (Å²) >= 11 is 0. The molecule has 0 aliphatic carbocycles. The summed E-state index contributed by atoms with van der Waals surface area (Å²) in [5.41, 5.74) is 0. The molecule has 0 bridgehead atoms. The van der Waals surface area contributed by atoms with E-state index in [1.807, 2.05) is 0 Å². The van der Waals surface area contributed by atoms with Crippen LogP contribution in [0.3, 0.4) is 0 Å². The number of carbonyl (C=O) groups excluding carboxylic acids is 4. The highest BCUT2D eigenvalue weighted by atomic mass is 16.7. The number of nitrogens with zero attached hydrogens (tertiary/aromatic N) is 1. The van der Waals surface area contributed by atoms with Gasteiger partial charge in [-0.3, -0.25) is 14.4 Å². The molecule has 1 atom stereocenters. The van der Waals surface area contributed by atoms with Crippen LogP contribution in [0.2, 0.25) is 0 Å². The van der Waals surface area contributed by atoms with Gasteiger partial charge in [-0.15, -0.1) is 5.06 Å². The Kier molecular flexibility index (Phi) is 10.7. The molecule has 0 radical (unpaired) electrons. The number of carbonyl (C=O) groups is 4. The van der Waals surface area contributed by atoms with E-state index in [4.69, 9.17) is 4.84 Å². The van der Waals surface area contributed by atoms with Crippen LogP contribution in [0.1, 0.15) is 85.0 Å². The van der Waals surface area contributed by atoms with Crippen LogP contribution >= 0.6 is 0 Å². The molecule has 1 saturated heterocycles. The van der Waals surface area contributed by atoms with Gasteiger partial charge in [0, 0.05) is 32.2 Å². The van der Waals surface area contributed by atoms with Crippen molar-refractivity contribution in [1.82, 2.24) is 10.4 Å². The molecule has 1 rings (SSSR count). The normalized spacial score (nSPS) is 15.3. The highest BCUT2D eigenvalue weighted by molar-refractivity contribution is 6.01. The van der Waals surface area contributed by atoms with E-state index in [0.29, 0.717) is 23.9 Å². The van der Waals surface area contributed by atoms with Crippen molar-refractivity contribution in [1.29, 1.82) is 0 Å². The van der Waals surface area contributed by atoms with Crippen LogP contribution in [0, 0.1) is 11.8 Å². The lowest BCUT2D eigenvalue weighted by Crippen LogP contribution is -2.32. The Morgan fingerprint density at radius 3 is 2.30 bits per heavy atom. The first-order valence-electron chi connectivity index (χ1n) is 10.2. The first kappa shape index (κ1) is 23.1. The zero-order chi connectivity index (χ0) is 20.2. The molecule has 154 valence electrons. The molecular weight excluding hydrogens is 348 g/mol. The Balaban J connectivity index is 2.07. The molecule has 1 heterocycles. The molecule has 1 aliphatic rings. The maximum Gasteiger partial charge on any atom is 0.333 e. The maximum atomic E-state index is 11.8. The summed E-state index contributed by atoms with van der Waals surface area (Å²) in [7, 11) is 0. The SMILES string of the molecule is CCCC(CCCCNC(=O)CCCC(=O)ON1C(=O)CCC1=O)C(C)C. The number of rotatable bonds is 13. The number of unbranched alkanes of at least 4 members (excludes halogenated alkanes) is 1. The van der Waals surface area contributed by atoms with E-state index >= 15 is 0 Å². The van der Waals surface area contributed by atoms with Gasteiger partial charge in [0.15, 0.2) is 0 Å². The highest BCUT2D eigenvalue weighted by Crippen LogP contribution is 2.22. The van der Waals surface area contributed by atoms with Crippen LogP contribution in [0.4, 0.5) is 0 Å². The monoisotopic (exact) mass is 382 g/mol. The molecular formula is C20H34N2O5. The number of hydroxylamine groups is 2. The van der Waals surface area contributed by atoms with E-state index in [9.17, 15) is 19.2 Å². The molecule has 7 nitrogen and oxygen atoms in total. The molecule has 0 aromatic rings. The minimum absolute atomic E-state index is 0.00241. The van der Waals surface area contributed by atoms with Gasteiger partial charge in [0.05, 0.1) is 0 Å². The van der Waals surface area contributed by atoms with Gasteiger partial charge in [-0.2, -0.15) is 0 Å². The largest absolute Gasteiger partial charge is 0.356 e. The van der Waals surface area contributed by atoms with E-state index in [1.165, 1.54) is 19.3 Å². The fourth-order valence-corrected chi connectivity index (χ4v) is 3.23. The van der Waals surface area contributed by atoms with Crippen molar-refractivity contribution < 1.29 is 24.0 Å². The number of hydrogen-bond donors (Lipinski definition) is 1. The van der Waals surface area contributed by atoms with Crippen molar-refractivity contribution in [3.63, 3.8) is 0 Å². The Morgan fingerprint density at radius 1 is 1.04 bits per heavy atom. The summed E-state index contributed by atoms with van der Waals surface area (Å²) in [6.45, 7) is 7.40. The Bertz CT molecular complexity index is 503. The Hall–Kier alpha value is -1.92. The topological polar surface area (TPSA) is 92.8 Å². The number of nitrogens with one attached hydrogen (secondary N) is 1. The van der Waals surface area contributed by atoms with Gasteiger partial charge in [-0.05, 0) is 24.7 Å². The van der Waals surface area contributed by atoms with E-state index in [2.05, 4.69) is 26.1 Å². The Labute approximate surface area is 162 Å². The van der Waals surface area contributed by atoms with E-state index in [0.717, 1.165) is 18.8 Å². The zero-order valence-electron chi connectivity index (χ0n) is 16.9. The quantitative estimate of drug-likeness (QED) is 0.390. The fourth-order valence-electron chi connectivity index (χ4n) is 3.23. The first-order chi connectivity index (χ1) is 12.8. The standard InChI is InChI=1S/C20H34N2O5/c1-4-8-16(15(2)3)9-5-6-14-21-17(23)10-7-11-20(26)27-22-18(24)12-13-19(22)25/h15-16H,4-14H2,1-3H3,(H,21,23). The van der Waals surface area contributed by atoms with Gasteiger partial charge in [0.25, 0.3) is 11.8 Å². The molecule has 0 spiro atoms. The lowest BCUT2D eigenvalue weighted by molar-refractivity contribution is -0.197.